The minimum atomic E-state index is -0.524. The summed E-state index contributed by atoms with van der Waals surface area (Å²) in [5.41, 5.74) is 4.35. The van der Waals surface area contributed by atoms with E-state index in [-0.39, 0.29) is 18.6 Å². The van der Waals surface area contributed by atoms with E-state index in [0.29, 0.717) is 23.9 Å². The molecule has 0 aliphatic carbocycles. The van der Waals surface area contributed by atoms with E-state index >= 15 is 0 Å². The van der Waals surface area contributed by atoms with Crippen LogP contribution in [0.4, 0.5) is 4.79 Å². The number of urea groups is 1. The van der Waals surface area contributed by atoms with E-state index in [0.717, 1.165) is 42.6 Å². The monoisotopic (exact) mass is 428 g/mol. The molecule has 1 atom stereocenters. The Hall–Kier alpha value is -2.38. The van der Waals surface area contributed by atoms with Gasteiger partial charge in [-0.15, -0.1) is 0 Å². The first-order valence-electron chi connectivity index (χ1n) is 11.1. The number of rotatable bonds is 6. The third-order valence-corrected chi connectivity index (χ3v) is 6.52. The van der Waals surface area contributed by atoms with Crippen molar-refractivity contribution < 1.29 is 14.3 Å². The van der Waals surface area contributed by atoms with Crippen LogP contribution < -0.4 is 5.32 Å². The summed E-state index contributed by atoms with van der Waals surface area (Å²) in [5.74, 6) is -0.369. The molecule has 170 valence electrons. The summed E-state index contributed by atoms with van der Waals surface area (Å²) in [6.45, 7) is 8.78. The second-order valence-corrected chi connectivity index (χ2v) is 8.83. The lowest BCUT2D eigenvalue weighted by molar-refractivity contribution is -0.139. The summed E-state index contributed by atoms with van der Waals surface area (Å²) in [6.07, 6.45) is 2.15. The van der Waals surface area contributed by atoms with Crippen molar-refractivity contribution in [3.05, 3.63) is 46.2 Å². The number of carbonyl (C=O) groups is 2. The lowest BCUT2D eigenvalue weighted by atomic mass is 9.90. The van der Waals surface area contributed by atoms with E-state index < -0.39 is 6.04 Å². The summed E-state index contributed by atoms with van der Waals surface area (Å²) in [6, 6.07) is 5.78. The first kappa shape index (κ1) is 23.3. The van der Waals surface area contributed by atoms with Crippen LogP contribution in [-0.4, -0.2) is 80.1 Å². The number of likely N-dealkylation sites (N-methyl/N-ethyl adjacent to an activating group) is 2. The SMILES string of the molecule is CCOC(=O)C1=C(CN(C)C2CCN(C)CC2)N(C)C(=O)NC1c1ccc(C)cc1C. The van der Waals surface area contributed by atoms with Gasteiger partial charge >= 0.3 is 12.0 Å². The largest absolute Gasteiger partial charge is 0.463 e. The molecule has 1 aromatic rings. The molecule has 0 aromatic heterocycles. The summed E-state index contributed by atoms with van der Waals surface area (Å²) < 4.78 is 5.45. The van der Waals surface area contributed by atoms with Gasteiger partial charge in [0.25, 0.3) is 0 Å². The second kappa shape index (κ2) is 9.83. The number of piperidine rings is 1. The molecule has 1 aromatic carbocycles. The van der Waals surface area contributed by atoms with Gasteiger partial charge in [-0.3, -0.25) is 9.80 Å². The fraction of sp³-hybridized carbons (Fsp3) is 0.583. The lowest BCUT2D eigenvalue weighted by Crippen LogP contribution is -2.50. The minimum Gasteiger partial charge on any atom is -0.463 e. The molecule has 1 fully saturated rings. The first-order valence-corrected chi connectivity index (χ1v) is 11.1. The Labute approximate surface area is 186 Å². The van der Waals surface area contributed by atoms with Crippen molar-refractivity contribution in [3.8, 4) is 0 Å². The Morgan fingerprint density at radius 1 is 1.23 bits per heavy atom. The van der Waals surface area contributed by atoms with Crippen LogP contribution in [0.2, 0.25) is 0 Å². The molecule has 2 amide bonds. The molecule has 1 saturated heterocycles. The zero-order chi connectivity index (χ0) is 22.7. The molecule has 3 rings (SSSR count). The van der Waals surface area contributed by atoms with Crippen molar-refractivity contribution in [3.63, 3.8) is 0 Å². The Kier molecular flexibility index (Phi) is 7.38. The van der Waals surface area contributed by atoms with Crippen molar-refractivity contribution in [2.24, 2.45) is 0 Å². The number of nitrogens with zero attached hydrogens (tertiary/aromatic N) is 3. The number of hydrogen-bond acceptors (Lipinski definition) is 5. The minimum absolute atomic E-state index is 0.204. The Balaban J connectivity index is 2.01. The molecule has 2 aliphatic rings. The lowest BCUT2D eigenvalue weighted by Gasteiger charge is -2.39. The summed E-state index contributed by atoms with van der Waals surface area (Å²) in [7, 11) is 5.95. The van der Waals surface area contributed by atoms with Gasteiger partial charge in [-0.25, -0.2) is 9.59 Å². The van der Waals surface area contributed by atoms with Crippen LogP contribution in [0, 0.1) is 13.8 Å². The summed E-state index contributed by atoms with van der Waals surface area (Å²) in [5, 5.41) is 3.02. The molecule has 31 heavy (non-hydrogen) atoms. The van der Waals surface area contributed by atoms with Crippen molar-refractivity contribution in [1.82, 2.24) is 20.0 Å². The maximum absolute atomic E-state index is 13.1. The van der Waals surface area contributed by atoms with Gasteiger partial charge in [0.1, 0.15) is 0 Å². The predicted octanol–water partition coefficient (Wildman–Crippen LogP) is 2.84. The maximum Gasteiger partial charge on any atom is 0.338 e. The van der Waals surface area contributed by atoms with E-state index in [1.165, 1.54) is 0 Å². The van der Waals surface area contributed by atoms with Crippen LogP contribution in [0.15, 0.2) is 29.5 Å². The van der Waals surface area contributed by atoms with Crippen LogP contribution in [0.3, 0.4) is 0 Å². The highest BCUT2D eigenvalue weighted by molar-refractivity contribution is 5.95. The number of esters is 1. The van der Waals surface area contributed by atoms with Crippen molar-refractivity contribution in [2.45, 2.75) is 45.7 Å². The van der Waals surface area contributed by atoms with Gasteiger partial charge in [0.05, 0.1) is 18.2 Å². The zero-order valence-electron chi connectivity index (χ0n) is 19.7. The molecule has 0 saturated carbocycles. The Morgan fingerprint density at radius 3 is 2.52 bits per heavy atom. The van der Waals surface area contributed by atoms with Gasteiger partial charge in [-0.2, -0.15) is 0 Å². The van der Waals surface area contributed by atoms with Gasteiger partial charge in [-0.1, -0.05) is 23.8 Å². The average molecular weight is 429 g/mol. The van der Waals surface area contributed by atoms with Crippen LogP contribution in [0.1, 0.15) is 42.5 Å². The molecule has 0 spiro atoms. The molecule has 7 heteroatoms. The van der Waals surface area contributed by atoms with Gasteiger partial charge in [-0.05, 0) is 71.9 Å². The third kappa shape index (κ3) is 5.10. The Bertz CT molecular complexity index is 858. The van der Waals surface area contributed by atoms with E-state index in [2.05, 4.69) is 35.3 Å². The molecule has 0 radical (unpaired) electrons. The number of benzene rings is 1. The topological polar surface area (TPSA) is 65.1 Å². The molecule has 7 nitrogen and oxygen atoms in total. The van der Waals surface area contributed by atoms with E-state index in [9.17, 15) is 9.59 Å². The smallest absolute Gasteiger partial charge is 0.338 e. The van der Waals surface area contributed by atoms with E-state index in [1.807, 2.05) is 26.0 Å². The van der Waals surface area contributed by atoms with Gasteiger partial charge < -0.3 is 15.0 Å². The standard InChI is InChI=1S/C24H36N4O3/c1-7-31-23(29)21-20(15-27(5)18-10-12-26(4)13-11-18)28(6)24(30)25-22(21)19-9-8-16(2)14-17(19)3/h8-9,14,18,22H,7,10-13,15H2,1-6H3,(H,25,30). The molecule has 1 N–H and O–H groups in total. The quantitative estimate of drug-likeness (QED) is 0.706. The summed E-state index contributed by atoms with van der Waals surface area (Å²) >= 11 is 0. The number of ether oxygens (including phenoxy) is 1. The molecule has 1 unspecified atom stereocenters. The van der Waals surface area contributed by atoms with Crippen LogP contribution in [0.25, 0.3) is 0 Å². The molecular weight excluding hydrogens is 392 g/mol. The summed E-state index contributed by atoms with van der Waals surface area (Å²) in [4.78, 5) is 32.2. The number of nitrogens with one attached hydrogen (secondary N) is 1. The number of hydrogen-bond donors (Lipinski definition) is 1. The second-order valence-electron chi connectivity index (χ2n) is 8.83. The van der Waals surface area contributed by atoms with Crippen molar-refractivity contribution >= 4 is 12.0 Å². The maximum atomic E-state index is 13.1. The number of likely N-dealkylation sites (tertiary alicyclic amines) is 1. The predicted molar refractivity (Wildman–Crippen MR) is 122 cm³/mol. The van der Waals surface area contributed by atoms with E-state index in [1.54, 1.807) is 18.9 Å². The first-order chi connectivity index (χ1) is 14.7. The van der Waals surface area contributed by atoms with Crippen LogP contribution in [0.5, 0.6) is 0 Å². The molecule has 2 aliphatic heterocycles. The third-order valence-electron chi connectivity index (χ3n) is 6.52. The molecule has 2 heterocycles. The van der Waals surface area contributed by atoms with Crippen molar-refractivity contribution in [1.29, 1.82) is 0 Å². The fourth-order valence-corrected chi connectivity index (χ4v) is 4.58. The molecular formula is C24H36N4O3. The molecule has 0 bridgehead atoms. The van der Waals surface area contributed by atoms with Crippen LogP contribution in [-0.2, 0) is 9.53 Å². The van der Waals surface area contributed by atoms with Crippen molar-refractivity contribution in [2.75, 3.05) is 47.4 Å². The highest BCUT2D eigenvalue weighted by Gasteiger charge is 2.38. The van der Waals surface area contributed by atoms with Gasteiger partial charge in [0.15, 0.2) is 0 Å². The van der Waals surface area contributed by atoms with E-state index in [4.69, 9.17) is 4.74 Å². The number of carbonyl (C=O) groups excluding carboxylic acids is 2. The normalized spacial score (nSPS) is 20.9. The highest BCUT2D eigenvalue weighted by Crippen LogP contribution is 2.33. The zero-order valence-corrected chi connectivity index (χ0v) is 19.7. The number of aryl methyl sites for hydroxylation is 2. The Morgan fingerprint density at radius 2 is 1.90 bits per heavy atom. The fourth-order valence-electron chi connectivity index (χ4n) is 4.58. The van der Waals surface area contributed by atoms with Gasteiger partial charge in [0.2, 0.25) is 0 Å². The van der Waals surface area contributed by atoms with Crippen LogP contribution >= 0.6 is 0 Å². The highest BCUT2D eigenvalue weighted by atomic mass is 16.5. The number of amides is 2. The van der Waals surface area contributed by atoms with Gasteiger partial charge in [0, 0.05) is 25.3 Å². The average Bonchev–Trinajstić information content (AvgIpc) is 2.72.